The van der Waals surface area contributed by atoms with Crippen molar-refractivity contribution < 1.29 is 0 Å². The average Bonchev–Trinajstić information content (AvgIpc) is 2.94. The molecule has 0 spiro atoms. The molecule has 0 radical (unpaired) electrons. The van der Waals surface area contributed by atoms with E-state index in [4.69, 9.17) is 0 Å². The van der Waals surface area contributed by atoms with Crippen molar-refractivity contribution in [2.75, 3.05) is 6.54 Å². The lowest BCUT2D eigenvalue weighted by atomic mass is 10.1. The molecule has 0 saturated heterocycles. The van der Waals surface area contributed by atoms with Crippen LogP contribution in [0.25, 0.3) is 0 Å². The van der Waals surface area contributed by atoms with Gasteiger partial charge in [0.1, 0.15) is 0 Å². The van der Waals surface area contributed by atoms with Gasteiger partial charge in [0.05, 0.1) is 23.8 Å². The van der Waals surface area contributed by atoms with Gasteiger partial charge in [-0.05, 0) is 19.5 Å². The van der Waals surface area contributed by atoms with Gasteiger partial charge in [0.15, 0.2) is 0 Å². The summed E-state index contributed by atoms with van der Waals surface area (Å²) < 4.78 is 3.97. The summed E-state index contributed by atoms with van der Waals surface area (Å²) in [5.41, 5.74) is 2.19. The van der Waals surface area contributed by atoms with E-state index in [9.17, 15) is 0 Å². The number of aromatic nitrogens is 4. The fourth-order valence-corrected chi connectivity index (χ4v) is 2.00. The van der Waals surface area contributed by atoms with E-state index in [1.165, 1.54) is 0 Å². The van der Waals surface area contributed by atoms with Gasteiger partial charge in [-0.2, -0.15) is 5.10 Å². The van der Waals surface area contributed by atoms with Gasteiger partial charge in [-0.1, -0.05) is 6.92 Å². The Bertz CT molecular complexity index is 471. The zero-order valence-electron chi connectivity index (χ0n) is 10.6. The second kappa shape index (κ2) is 5.14. The summed E-state index contributed by atoms with van der Waals surface area (Å²) in [5.74, 6) is 0. The maximum atomic E-state index is 4.43. The van der Waals surface area contributed by atoms with Crippen molar-refractivity contribution >= 4 is 0 Å². The van der Waals surface area contributed by atoms with Gasteiger partial charge in [-0.15, -0.1) is 0 Å². The number of aryl methyl sites for hydroxylation is 2. The normalized spacial score (nSPS) is 12.9. The Morgan fingerprint density at radius 1 is 1.41 bits per heavy atom. The molecule has 0 aliphatic carbocycles. The fraction of sp³-hybridized carbons (Fsp3) is 0.500. The Morgan fingerprint density at radius 2 is 2.24 bits per heavy atom. The van der Waals surface area contributed by atoms with Crippen LogP contribution >= 0.6 is 0 Å². The SMILES string of the molecule is CCNC(c1cn(C)cn1)c1ccnn1CC. The van der Waals surface area contributed by atoms with Crippen molar-refractivity contribution in [3.63, 3.8) is 0 Å². The number of hydrogen-bond donors (Lipinski definition) is 1. The Morgan fingerprint density at radius 3 is 2.82 bits per heavy atom. The van der Waals surface area contributed by atoms with Crippen LogP contribution < -0.4 is 5.32 Å². The third-order valence-corrected chi connectivity index (χ3v) is 2.77. The minimum atomic E-state index is 0.114. The molecule has 92 valence electrons. The largest absolute Gasteiger partial charge is 0.340 e. The molecule has 0 aliphatic heterocycles. The summed E-state index contributed by atoms with van der Waals surface area (Å²) >= 11 is 0. The number of nitrogens with zero attached hydrogens (tertiary/aromatic N) is 4. The van der Waals surface area contributed by atoms with E-state index < -0.39 is 0 Å². The quantitative estimate of drug-likeness (QED) is 0.847. The molecule has 1 unspecified atom stereocenters. The predicted octanol–water partition coefficient (Wildman–Crippen LogP) is 1.34. The Kier molecular flexibility index (Phi) is 3.58. The van der Waals surface area contributed by atoms with Crippen molar-refractivity contribution in [2.45, 2.75) is 26.4 Å². The van der Waals surface area contributed by atoms with Crippen LogP contribution in [0, 0.1) is 0 Å². The molecule has 0 bridgehead atoms. The van der Waals surface area contributed by atoms with Gasteiger partial charge in [0.25, 0.3) is 0 Å². The molecule has 2 aromatic rings. The molecule has 1 atom stereocenters. The Hall–Kier alpha value is -1.62. The minimum absolute atomic E-state index is 0.114. The lowest BCUT2D eigenvalue weighted by molar-refractivity contribution is 0.535. The van der Waals surface area contributed by atoms with Crippen LogP contribution in [0.5, 0.6) is 0 Å². The molecule has 2 aromatic heterocycles. The first kappa shape index (κ1) is 11.9. The van der Waals surface area contributed by atoms with Crippen LogP contribution in [-0.4, -0.2) is 25.9 Å². The highest BCUT2D eigenvalue weighted by Crippen LogP contribution is 2.19. The average molecular weight is 233 g/mol. The molecular weight excluding hydrogens is 214 g/mol. The van der Waals surface area contributed by atoms with E-state index in [1.807, 2.05) is 41.1 Å². The van der Waals surface area contributed by atoms with E-state index in [1.54, 1.807) is 0 Å². The van der Waals surface area contributed by atoms with Crippen LogP contribution in [0.2, 0.25) is 0 Å². The molecule has 0 aromatic carbocycles. The van der Waals surface area contributed by atoms with Crippen LogP contribution in [0.15, 0.2) is 24.8 Å². The molecule has 5 nitrogen and oxygen atoms in total. The van der Waals surface area contributed by atoms with Crippen molar-refractivity contribution in [3.8, 4) is 0 Å². The van der Waals surface area contributed by atoms with E-state index in [0.717, 1.165) is 24.5 Å². The molecule has 1 N–H and O–H groups in total. The van der Waals surface area contributed by atoms with Gasteiger partial charge >= 0.3 is 0 Å². The first-order valence-corrected chi connectivity index (χ1v) is 5.99. The topological polar surface area (TPSA) is 47.7 Å². The predicted molar refractivity (Wildman–Crippen MR) is 66.6 cm³/mol. The molecule has 0 fully saturated rings. The highest BCUT2D eigenvalue weighted by molar-refractivity contribution is 5.20. The summed E-state index contributed by atoms with van der Waals surface area (Å²) in [6.45, 7) is 5.97. The van der Waals surface area contributed by atoms with Gasteiger partial charge in [-0.25, -0.2) is 4.98 Å². The fourth-order valence-electron chi connectivity index (χ4n) is 2.00. The first-order valence-electron chi connectivity index (χ1n) is 5.99. The summed E-state index contributed by atoms with van der Waals surface area (Å²) in [4.78, 5) is 4.43. The Labute approximate surface area is 101 Å². The zero-order chi connectivity index (χ0) is 12.3. The molecule has 0 aliphatic rings. The van der Waals surface area contributed by atoms with Gasteiger partial charge in [0, 0.05) is 26.0 Å². The first-order chi connectivity index (χ1) is 8.26. The lowest BCUT2D eigenvalue weighted by Crippen LogP contribution is -2.25. The molecule has 17 heavy (non-hydrogen) atoms. The van der Waals surface area contributed by atoms with E-state index >= 15 is 0 Å². The lowest BCUT2D eigenvalue weighted by Gasteiger charge is -2.17. The van der Waals surface area contributed by atoms with E-state index in [0.29, 0.717) is 0 Å². The summed E-state index contributed by atoms with van der Waals surface area (Å²) in [5, 5.41) is 7.76. The van der Waals surface area contributed by atoms with Crippen LogP contribution in [0.4, 0.5) is 0 Å². The van der Waals surface area contributed by atoms with Crippen LogP contribution in [-0.2, 0) is 13.6 Å². The zero-order valence-corrected chi connectivity index (χ0v) is 10.6. The second-order valence-corrected chi connectivity index (χ2v) is 4.03. The van der Waals surface area contributed by atoms with Gasteiger partial charge in [0.2, 0.25) is 0 Å². The Balaban J connectivity index is 2.35. The molecular formula is C12H19N5. The summed E-state index contributed by atoms with van der Waals surface area (Å²) in [6.07, 6.45) is 5.71. The van der Waals surface area contributed by atoms with Crippen LogP contribution in [0.1, 0.15) is 31.3 Å². The van der Waals surface area contributed by atoms with E-state index in [-0.39, 0.29) is 6.04 Å². The maximum absolute atomic E-state index is 4.43. The molecule has 0 saturated carbocycles. The molecule has 2 heterocycles. The van der Waals surface area contributed by atoms with Crippen molar-refractivity contribution in [3.05, 3.63) is 36.2 Å². The standard InChI is InChI=1S/C12H19N5/c1-4-13-12(10-8-16(3)9-14-10)11-6-7-15-17(11)5-2/h6-9,12-13H,4-5H2,1-3H3. The van der Waals surface area contributed by atoms with Crippen molar-refractivity contribution in [1.29, 1.82) is 0 Å². The third kappa shape index (κ3) is 2.39. The monoisotopic (exact) mass is 233 g/mol. The molecule has 5 heteroatoms. The molecule has 0 amide bonds. The molecule has 2 rings (SSSR count). The minimum Gasteiger partial charge on any atom is -0.340 e. The number of rotatable bonds is 5. The highest BCUT2D eigenvalue weighted by atomic mass is 15.3. The third-order valence-electron chi connectivity index (χ3n) is 2.77. The van der Waals surface area contributed by atoms with Gasteiger partial charge in [-0.3, -0.25) is 4.68 Å². The van der Waals surface area contributed by atoms with Crippen molar-refractivity contribution in [1.82, 2.24) is 24.6 Å². The van der Waals surface area contributed by atoms with Crippen molar-refractivity contribution in [2.24, 2.45) is 7.05 Å². The summed E-state index contributed by atoms with van der Waals surface area (Å²) in [7, 11) is 1.98. The number of hydrogen-bond acceptors (Lipinski definition) is 3. The van der Waals surface area contributed by atoms with Gasteiger partial charge < -0.3 is 9.88 Å². The number of imidazole rings is 1. The number of nitrogens with one attached hydrogen (secondary N) is 1. The second-order valence-electron chi connectivity index (χ2n) is 4.03. The van der Waals surface area contributed by atoms with E-state index in [2.05, 4.69) is 29.2 Å². The summed E-state index contributed by atoms with van der Waals surface area (Å²) in [6, 6.07) is 2.16. The highest BCUT2D eigenvalue weighted by Gasteiger charge is 2.18. The van der Waals surface area contributed by atoms with Crippen LogP contribution in [0.3, 0.4) is 0 Å². The smallest absolute Gasteiger partial charge is 0.0947 e. The maximum Gasteiger partial charge on any atom is 0.0947 e.